The minimum atomic E-state index is 0.272. The Hall–Kier alpha value is -1.59. The Labute approximate surface area is 111 Å². The molecule has 3 heterocycles. The molecule has 100 valence electrons. The summed E-state index contributed by atoms with van der Waals surface area (Å²) in [4.78, 5) is 9.13. The Morgan fingerprint density at radius 3 is 3.00 bits per heavy atom. The van der Waals surface area contributed by atoms with Crippen molar-refractivity contribution in [1.29, 1.82) is 0 Å². The molecule has 2 saturated heterocycles. The zero-order valence-corrected chi connectivity index (χ0v) is 11.0. The number of aromatic nitrogens is 1. The molecule has 0 amide bonds. The molecule has 0 spiro atoms. The largest absolute Gasteiger partial charge is 0.423 e. The molecule has 2 aromatic rings. The normalized spacial score (nSPS) is 27.9. The zero-order chi connectivity index (χ0) is 12.8. The fraction of sp³-hybridized carbons (Fsp3) is 0.500. The number of anilines is 1. The van der Waals surface area contributed by atoms with Gasteiger partial charge in [-0.1, -0.05) is 12.1 Å². The van der Waals surface area contributed by atoms with Crippen molar-refractivity contribution in [2.45, 2.75) is 12.1 Å². The number of benzene rings is 1. The molecule has 2 aliphatic rings. The van der Waals surface area contributed by atoms with Crippen LogP contribution in [0, 0.1) is 0 Å². The van der Waals surface area contributed by atoms with E-state index in [9.17, 15) is 0 Å². The molecule has 0 radical (unpaired) electrons. The molecule has 2 unspecified atom stereocenters. The number of oxazole rings is 1. The standard InChI is InChI=1S/C14H17N3O2/c1-16-6-7-18-13-9-17(8-11(13)16)14-15-10-4-2-3-5-12(10)19-14/h2-5,11,13H,6-9H2,1H3. The van der Waals surface area contributed by atoms with Crippen LogP contribution < -0.4 is 4.90 Å². The average Bonchev–Trinajstić information content (AvgIpc) is 3.02. The third kappa shape index (κ3) is 1.81. The van der Waals surface area contributed by atoms with Gasteiger partial charge in [0.15, 0.2) is 5.58 Å². The van der Waals surface area contributed by atoms with Crippen molar-refractivity contribution in [1.82, 2.24) is 9.88 Å². The Morgan fingerprint density at radius 2 is 2.16 bits per heavy atom. The number of hydrogen-bond donors (Lipinski definition) is 0. The second kappa shape index (κ2) is 4.21. The average molecular weight is 259 g/mol. The van der Waals surface area contributed by atoms with Crippen LogP contribution in [0.3, 0.4) is 0 Å². The van der Waals surface area contributed by atoms with E-state index in [0.717, 1.165) is 37.3 Å². The number of rotatable bonds is 1. The minimum Gasteiger partial charge on any atom is -0.423 e. The molecule has 0 bridgehead atoms. The second-order valence-corrected chi connectivity index (χ2v) is 5.33. The Bertz CT molecular complexity index is 564. The summed E-state index contributed by atoms with van der Waals surface area (Å²) in [5, 5.41) is 0. The fourth-order valence-corrected chi connectivity index (χ4v) is 3.01. The summed E-state index contributed by atoms with van der Waals surface area (Å²) in [7, 11) is 2.16. The first-order chi connectivity index (χ1) is 9.31. The van der Waals surface area contributed by atoms with Crippen molar-refractivity contribution in [3.8, 4) is 0 Å². The monoisotopic (exact) mass is 259 g/mol. The maximum Gasteiger partial charge on any atom is 0.298 e. The van der Waals surface area contributed by atoms with Gasteiger partial charge in [0.1, 0.15) is 5.52 Å². The summed E-state index contributed by atoms with van der Waals surface area (Å²) in [6, 6.07) is 9.05. The van der Waals surface area contributed by atoms with Crippen LogP contribution in [-0.2, 0) is 4.74 Å². The first-order valence-electron chi connectivity index (χ1n) is 6.73. The lowest BCUT2D eigenvalue weighted by molar-refractivity contribution is -0.0362. The van der Waals surface area contributed by atoms with Crippen LogP contribution in [0.4, 0.5) is 6.01 Å². The quantitative estimate of drug-likeness (QED) is 0.773. The lowest BCUT2D eigenvalue weighted by atomic mass is 10.1. The number of morpholine rings is 1. The van der Waals surface area contributed by atoms with Crippen LogP contribution in [-0.4, -0.2) is 55.3 Å². The van der Waals surface area contributed by atoms with Gasteiger partial charge in [-0.2, -0.15) is 4.98 Å². The van der Waals surface area contributed by atoms with Gasteiger partial charge >= 0.3 is 0 Å². The summed E-state index contributed by atoms with van der Waals surface area (Å²) in [5.41, 5.74) is 1.77. The van der Waals surface area contributed by atoms with Gasteiger partial charge in [0.2, 0.25) is 0 Å². The summed E-state index contributed by atoms with van der Waals surface area (Å²) in [6.07, 6.45) is 0.272. The molecule has 0 saturated carbocycles. The van der Waals surface area contributed by atoms with E-state index in [1.165, 1.54) is 0 Å². The van der Waals surface area contributed by atoms with E-state index >= 15 is 0 Å². The SMILES string of the molecule is CN1CCOC2CN(c3nc4ccccc4o3)CC21. The number of fused-ring (bicyclic) bond motifs is 2. The van der Waals surface area contributed by atoms with Crippen LogP contribution in [0.15, 0.2) is 28.7 Å². The molecule has 4 rings (SSSR count). The van der Waals surface area contributed by atoms with Crippen molar-refractivity contribution in [2.75, 3.05) is 38.2 Å². The summed E-state index contributed by atoms with van der Waals surface area (Å²) in [5.74, 6) is 0. The number of para-hydroxylation sites is 2. The summed E-state index contributed by atoms with van der Waals surface area (Å²) in [6.45, 7) is 3.61. The highest BCUT2D eigenvalue weighted by Gasteiger charge is 2.40. The number of likely N-dealkylation sites (N-methyl/N-ethyl adjacent to an activating group) is 1. The molecule has 2 fully saturated rings. The molecular weight excluding hydrogens is 242 g/mol. The van der Waals surface area contributed by atoms with E-state index < -0.39 is 0 Å². The smallest absolute Gasteiger partial charge is 0.298 e. The second-order valence-electron chi connectivity index (χ2n) is 5.33. The molecule has 1 aromatic carbocycles. The summed E-state index contributed by atoms with van der Waals surface area (Å²) >= 11 is 0. The highest BCUT2D eigenvalue weighted by molar-refractivity contribution is 5.74. The Kier molecular flexibility index (Phi) is 2.50. The van der Waals surface area contributed by atoms with Gasteiger partial charge < -0.3 is 14.1 Å². The minimum absolute atomic E-state index is 0.272. The van der Waals surface area contributed by atoms with Crippen molar-refractivity contribution >= 4 is 17.1 Å². The van der Waals surface area contributed by atoms with Gasteiger partial charge in [0.05, 0.1) is 25.3 Å². The molecule has 0 aliphatic carbocycles. The van der Waals surface area contributed by atoms with Gasteiger partial charge in [-0.15, -0.1) is 0 Å². The lowest BCUT2D eigenvalue weighted by Crippen LogP contribution is -2.48. The van der Waals surface area contributed by atoms with Crippen molar-refractivity contribution in [3.05, 3.63) is 24.3 Å². The van der Waals surface area contributed by atoms with E-state index in [4.69, 9.17) is 9.15 Å². The van der Waals surface area contributed by atoms with Crippen molar-refractivity contribution in [2.24, 2.45) is 0 Å². The van der Waals surface area contributed by atoms with E-state index in [-0.39, 0.29) is 6.10 Å². The van der Waals surface area contributed by atoms with Crippen LogP contribution >= 0.6 is 0 Å². The molecule has 2 aliphatic heterocycles. The zero-order valence-electron chi connectivity index (χ0n) is 11.0. The first-order valence-corrected chi connectivity index (χ1v) is 6.73. The maximum absolute atomic E-state index is 5.85. The molecule has 5 nitrogen and oxygen atoms in total. The third-order valence-corrected chi connectivity index (χ3v) is 4.13. The van der Waals surface area contributed by atoms with Gasteiger partial charge in [-0.3, -0.25) is 4.90 Å². The van der Waals surface area contributed by atoms with Gasteiger partial charge in [-0.05, 0) is 19.2 Å². The topological polar surface area (TPSA) is 41.7 Å². The molecule has 0 N–H and O–H groups in total. The molecule has 19 heavy (non-hydrogen) atoms. The van der Waals surface area contributed by atoms with Crippen LogP contribution in [0.2, 0.25) is 0 Å². The van der Waals surface area contributed by atoms with E-state index in [2.05, 4.69) is 21.8 Å². The van der Waals surface area contributed by atoms with E-state index in [1.54, 1.807) is 0 Å². The molecule has 1 aromatic heterocycles. The number of hydrogen-bond acceptors (Lipinski definition) is 5. The lowest BCUT2D eigenvalue weighted by Gasteiger charge is -2.33. The van der Waals surface area contributed by atoms with Crippen molar-refractivity contribution in [3.63, 3.8) is 0 Å². The van der Waals surface area contributed by atoms with E-state index in [1.807, 2.05) is 24.3 Å². The fourth-order valence-electron chi connectivity index (χ4n) is 3.01. The number of ether oxygens (including phenoxy) is 1. The van der Waals surface area contributed by atoms with Gasteiger partial charge in [0, 0.05) is 13.1 Å². The van der Waals surface area contributed by atoms with Crippen molar-refractivity contribution < 1.29 is 9.15 Å². The van der Waals surface area contributed by atoms with Gasteiger partial charge in [-0.25, -0.2) is 0 Å². The molecule has 2 atom stereocenters. The molecule has 5 heteroatoms. The van der Waals surface area contributed by atoms with Crippen LogP contribution in [0.5, 0.6) is 0 Å². The van der Waals surface area contributed by atoms with Gasteiger partial charge in [0.25, 0.3) is 6.01 Å². The third-order valence-electron chi connectivity index (χ3n) is 4.13. The van der Waals surface area contributed by atoms with Crippen LogP contribution in [0.1, 0.15) is 0 Å². The summed E-state index contributed by atoms with van der Waals surface area (Å²) < 4.78 is 11.7. The maximum atomic E-state index is 5.85. The Morgan fingerprint density at radius 1 is 1.26 bits per heavy atom. The Balaban J connectivity index is 1.63. The highest BCUT2D eigenvalue weighted by atomic mass is 16.5. The van der Waals surface area contributed by atoms with Crippen LogP contribution in [0.25, 0.3) is 11.1 Å². The molecular formula is C14H17N3O2. The predicted octanol–water partition coefficient (Wildman–Crippen LogP) is 1.35. The first kappa shape index (κ1) is 11.3. The van der Waals surface area contributed by atoms with E-state index in [0.29, 0.717) is 12.1 Å². The highest BCUT2D eigenvalue weighted by Crippen LogP contribution is 2.28. The number of nitrogens with zero attached hydrogens (tertiary/aromatic N) is 3. The predicted molar refractivity (Wildman–Crippen MR) is 72.4 cm³/mol.